The standard InChI is InChI=1S/C18H18Br2O3/c1-4-13-5-6-16(15(20)9-13)23-17(21)10-22-18-11(2)7-14(19)8-12(18)3/h5-9H,4,10H2,1-3H3. The summed E-state index contributed by atoms with van der Waals surface area (Å²) in [5.74, 6) is 0.780. The Balaban J connectivity index is 2.01. The number of rotatable bonds is 5. The Morgan fingerprint density at radius 2 is 1.74 bits per heavy atom. The molecule has 0 bridgehead atoms. The molecule has 23 heavy (non-hydrogen) atoms. The molecule has 0 aliphatic carbocycles. The van der Waals surface area contributed by atoms with E-state index in [0.717, 1.165) is 26.5 Å². The molecule has 0 saturated carbocycles. The van der Waals surface area contributed by atoms with Crippen LogP contribution in [-0.2, 0) is 11.2 Å². The summed E-state index contributed by atoms with van der Waals surface area (Å²) in [6.07, 6.45) is 0.929. The highest BCUT2D eigenvalue weighted by atomic mass is 79.9. The van der Waals surface area contributed by atoms with E-state index in [1.807, 2.05) is 38.1 Å². The number of aryl methyl sites for hydroxylation is 3. The van der Waals surface area contributed by atoms with Crippen LogP contribution in [0.4, 0.5) is 0 Å². The molecule has 5 heteroatoms. The fraction of sp³-hybridized carbons (Fsp3) is 0.278. The molecule has 0 fully saturated rings. The molecule has 0 saturated heterocycles. The summed E-state index contributed by atoms with van der Waals surface area (Å²) in [6.45, 7) is 5.83. The zero-order chi connectivity index (χ0) is 17.0. The molecular weight excluding hydrogens is 424 g/mol. The van der Waals surface area contributed by atoms with E-state index in [2.05, 4.69) is 38.8 Å². The molecule has 0 amide bonds. The van der Waals surface area contributed by atoms with Crippen LogP contribution >= 0.6 is 31.9 Å². The first-order valence-electron chi connectivity index (χ1n) is 7.29. The minimum atomic E-state index is -0.434. The molecule has 0 N–H and O–H groups in total. The third-order valence-electron chi connectivity index (χ3n) is 3.39. The third kappa shape index (κ3) is 4.82. The Morgan fingerprint density at radius 1 is 1.09 bits per heavy atom. The summed E-state index contributed by atoms with van der Waals surface area (Å²) in [7, 11) is 0. The van der Waals surface area contributed by atoms with Gasteiger partial charge in [0.2, 0.25) is 0 Å². The van der Waals surface area contributed by atoms with Crippen LogP contribution in [-0.4, -0.2) is 12.6 Å². The van der Waals surface area contributed by atoms with Crippen LogP contribution in [0.25, 0.3) is 0 Å². The minimum absolute atomic E-state index is 0.134. The van der Waals surface area contributed by atoms with Gasteiger partial charge in [0.1, 0.15) is 11.5 Å². The van der Waals surface area contributed by atoms with E-state index in [9.17, 15) is 4.79 Å². The molecule has 0 aliphatic heterocycles. The van der Waals surface area contributed by atoms with Gasteiger partial charge >= 0.3 is 5.97 Å². The van der Waals surface area contributed by atoms with Crippen LogP contribution in [0.15, 0.2) is 39.3 Å². The lowest BCUT2D eigenvalue weighted by atomic mass is 10.1. The van der Waals surface area contributed by atoms with Gasteiger partial charge in [0, 0.05) is 4.47 Å². The molecule has 0 unspecified atom stereocenters. The Kier molecular flexibility index (Phi) is 6.25. The average molecular weight is 442 g/mol. The summed E-state index contributed by atoms with van der Waals surface area (Å²) in [4.78, 5) is 12.0. The molecular formula is C18H18Br2O3. The Labute approximate surface area is 153 Å². The second-order valence-corrected chi connectivity index (χ2v) is 7.02. The van der Waals surface area contributed by atoms with E-state index in [-0.39, 0.29) is 6.61 Å². The second-order valence-electron chi connectivity index (χ2n) is 5.25. The number of ether oxygens (including phenoxy) is 2. The van der Waals surface area contributed by atoms with Crippen LogP contribution < -0.4 is 9.47 Å². The van der Waals surface area contributed by atoms with Gasteiger partial charge in [-0.2, -0.15) is 0 Å². The van der Waals surface area contributed by atoms with E-state index in [1.165, 1.54) is 5.56 Å². The number of carbonyl (C=O) groups is 1. The van der Waals surface area contributed by atoms with Gasteiger partial charge < -0.3 is 9.47 Å². The molecule has 3 nitrogen and oxygen atoms in total. The minimum Gasteiger partial charge on any atom is -0.481 e. The van der Waals surface area contributed by atoms with Gasteiger partial charge in [0.05, 0.1) is 4.47 Å². The van der Waals surface area contributed by atoms with Gasteiger partial charge in [-0.15, -0.1) is 0 Å². The van der Waals surface area contributed by atoms with Crippen LogP contribution in [0.2, 0.25) is 0 Å². The first-order valence-corrected chi connectivity index (χ1v) is 8.88. The molecule has 0 spiro atoms. The highest BCUT2D eigenvalue weighted by Gasteiger charge is 2.12. The summed E-state index contributed by atoms with van der Waals surface area (Å²) >= 11 is 6.86. The highest BCUT2D eigenvalue weighted by Crippen LogP contribution is 2.28. The third-order valence-corrected chi connectivity index (χ3v) is 4.47. The van der Waals surface area contributed by atoms with Crippen molar-refractivity contribution in [3.63, 3.8) is 0 Å². The molecule has 0 aliphatic rings. The summed E-state index contributed by atoms with van der Waals surface area (Å²) < 4.78 is 12.7. The summed E-state index contributed by atoms with van der Waals surface area (Å²) in [5, 5.41) is 0. The van der Waals surface area contributed by atoms with E-state index in [4.69, 9.17) is 9.47 Å². The number of carbonyl (C=O) groups excluding carboxylic acids is 1. The highest BCUT2D eigenvalue weighted by molar-refractivity contribution is 9.10. The Morgan fingerprint density at radius 3 is 2.30 bits per heavy atom. The van der Waals surface area contributed by atoms with Crippen molar-refractivity contribution in [3.05, 3.63) is 56.0 Å². The number of hydrogen-bond donors (Lipinski definition) is 0. The Hall–Kier alpha value is -1.33. The molecule has 2 rings (SSSR count). The first kappa shape index (κ1) is 18.0. The van der Waals surface area contributed by atoms with Crippen molar-refractivity contribution in [1.82, 2.24) is 0 Å². The lowest BCUT2D eigenvalue weighted by Crippen LogP contribution is -2.18. The maximum atomic E-state index is 12.0. The van der Waals surface area contributed by atoms with Crippen molar-refractivity contribution in [2.24, 2.45) is 0 Å². The fourth-order valence-corrected chi connectivity index (χ4v) is 3.45. The van der Waals surface area contributed by atoms with Crippen molar-refractivity contribution in [1.29, 1.82) is 0 Å². The van der Waals surface area contributed by atoms with Crippen molar-refractivity contribution < 1.29 is 14.3 Å². The fourth-order valence-electron chi connectivity index (χ4n) is 2.26. The zero-order valence-electron chi connectivity index (χ0n) is 13.3. The Bertz CT molecular complexity index is 703. The number of esters is 1. The summed E-state index contributed by atoms with van der Waals surface area (Å²) in [5.41, 5.74) is 3.12. The maximum Gasteiger partial charge on any atom is 0.349 e. The largest absolute Gasteiger partial charge is 0.481 e. The molecule has 122 valence electrons. The maximum absolute atomic E-state index is 12.0. The lowest BCUT2D eigenvalue weighted by Gasteiger charge is -2.13. The predicted octanol–water partition coefficient (Wildman–Crippen LogP) is 5.38. The van der Waals surface area contributed by atoms with Crippen molar-refractivity contribution >= 4 is 37.8 Å². The topological polar surface area (TPSA) is 35.5 Å². The van der Waals surface area contributed by atoms with Crippen LogP contribution in [0.1, 0.15) is 23.6 Å². The van der Waals surface area contributed by atoms with E-state index in [0.29, 0.717) is 11.5 Å². The first-order chi connectivity index (χ1) is 10.9. The normalized spacial score (nSPS) is 10.5. The quantitative estimate of drug-likeness (QED) is 0.461. The van der Waals surface area contributed by atoms with Gasteiger partial charge in [-0.3, -0.25) is 0 Å². The van der Waals surface area contributed by atoms with Crippen molar-refractivity contribution in [3.8, 4) is 11.5 Å². The monoisotopic (exact) mass is 440 g/mol. The molecule has 2 aromatic rings. The molecule has 0 radical (unpaired) electrons. The SMILES string of the molecule is CCc1ccc(OC(=O)COc2c(C)cc(Br)cc2C)c(Br)c1. The number of hydrogen-bond acceptors (Lipinski definition) is 3. The van der Waals surface area contributed by atoms with Crippen molar-refractivity contribution in [2.75, 3.05) is 6.61 Å². The lowest BCUT2D eigenvalue weighted by molar-refractivity contribution is -0.136. The van der Waals surface area contributed by atoms with Crippen molar-refractivity contribution in [2.45, 2.75) is 27.2 Å². The molecule has 0 aromatic heterocycles. The van der Waals surface area contributed by atoms with E-state index in [1.54, 1.807) is 6.07 Å². The second kappa shape index (κ2) is 7.97. The van der Waals surface area contributed by atoms with Crippen LogP contribution in [0.5, 0.6) is 11.5 Å². The molecule has 0 heterocycles. The molecule has 2 aromatic carbocycles. The average Bonchev–Trinajstić information content (AvgIpc) is 2.48. The number of benzene rings is 2. The van der Waals surface area contributed by atoms with E-state index < -0.39 is 5.97 Å². The predicted molar refractivity (Wildman–Crippen MR) is 98.3 cm³/mol. The van der Waals surface area contributed by atoms with Crippen LogP contribution in [0.3, 0.4) is 0 Å². The smallest absolute Gasteiger partial charge is 0.349 e. The zero-order valence-corrected chi connectivity index (χ0v) is 16.5. The van der Waals surface area contributed by atoms with Crippen LogP contribution in [0, 0.1) is 13.8 Å². The molecule has 0 atom stereocenters. The van der Waals surface area contributed by atoms with Gasteiger partial charge in [0.25, 0.3) is 0 Å². The van der Waals surface area contributed by atoms with Gasteiger partial charge in [-0.1, -0.05) is 28.9 Å². The summed E-state index contributed by atoms with van der Waals surface area (Å²) in [6, 6.07) is 9.59. The van der Waals surface area contributed by atoms with E-state index >= 15 is 0 Å². The number of halogens is 2. The van der Waals surface area contributed by atoms with Gasteiger partial charge in [-0.05, 0) is 77.2 Å². The van der Waals surface area contributed by atoms with Gasteiger partial charge in [-0.25, -0.2) is 4.79 Å². The van der Waals surface area contributed by atoms with Gasteiger partial charge in [0.15, 0.2) is 6.61 Å².